The number of piperidine rings is 1. The molecule has 1 atom stereocenters. The van der Waals surface area contributed by atoms with Gasteiger partial charge < -0.3 is 4.90 Å². The average Bonchev–Trinajstić information content (AvgIpc) is 3.10. The third-order valence-electron chi connectivity index (χ3n) is 3.83. The van der Waals surface area contributed by atoms with Gasteiger partial charge in [0.25, 0.3) is 0 Å². The molecular weight excluding hydrogens is 270 g/mol. The smallest absolute Gasteiger partial charge is 0.228 e. The zero-order chi connectivity index (χ0) is 13.9. The van der Waals surface area contributed by atoms with E-state index < -0.39 is 0 Å². The van der Waals surface area contributed by atoms with Gasteiger partial charge in [-0.25, -0.2) is 0 Å². The van der Waals surface area contributed by atoms with E-state index in [1.54, 1.807) is 17.5 Å². The van der Waals surface area contributed by atoms with Crippen molar-refractivity contribution in [2.24, 2.45) is 0 Å². The highest BCUT2D eigenvalue weighted by Crippen LogP contribution is 2.30. The quantitative estimate of drug-likeness (QED) is 0.944. The zero-order valence-corrected chi connectivity index (χ0v) is 12.4. The maximum Gasteiger partial charge on any atom is 0.228 e. The van der Waals surface area contributed by atoms with Crippen molar-refractivity contribution in [2.45, 2.75) is 38.6 Å². The van der Waals surface area contributed by atoms with Crippen molar-refractivity contribution in [2.75, 3.05) is 6.54 Å². The molecule has 1 aliphatic heterocycles. The second-order valence-corrected chi connectivity index (χ2v) is 6.67. The van der Waals surface area contributed by atoms with Crippen molar-refractivity contribution in [1.82, 2.24) is 15.1 Å². The van der Waals surface area contributed by atoms with Gasteiger partial charge in [-0.15, -0.1) is 11.3 Å². The van der Waals surface area contributed by atoms with Crippen molar-refractivity contribution in [3.05, 3.63) is 39.8 Å². The summed E-state index contributed by atoms with van der Waals surface area (Å²) in [6, 6.07) is 6.29. The van der Waals surface area contributed by atoms with E-state index in [0.717, 1.165) is 30.0 Å². The first-order valence-electron chi connectivity index (χ1n) is 7.08. The second-order valence-electron chi connectivity index (χ2n) is 5.30. The van der Waals surface area contributed by atoms with Crippen LogP contribution in [0.2, 0.25) is 0 Å². The van der Waals surface area contributed by atoms with Crippen LogP contribution in [0.1, 0.15) is 40.8 Å². The van der Waals surface area contributed by atoms with Crippen molar-refractivity contribution < 1.29 is 4.79 Å². The molecule has 20 heavy (non-hydrogen) atoms. The summed E-state index contributed by atoms with van der Waals surface area (Å²) >= 11 is 1.71. The standard InChI is InChI=1S/C15H19N3OS/c1-11-5-6-12(20-11)10-15(19)18-9-3-2-4-14(18)13-7-8-16-17-13/h5-8,14H,2-4,9-10H2,1H3,(H,16,17)/t14-/m1/s1. The molecule has 3 rings (SSSR count). The Morgan fingerprint density at radius 2 is 2.35 bits per heavy atom. The SMILES string of the molecule is Cc1ccc(CC(=O)N2CCCC[C@@H]2c2ccn[nH]2)s1. The minimum Gasteiger partial charge on any atom is -0.334 e. The predicted octanol–water partition coefficient (Wildman–Crippen LogP) is 3.08. The van der Waals surface area contributed by atoms with Crippen LogP contribution in [0, 0.1) is 6.92 Å². The lowest BCUT2D eigenvalue weighted by Crippen LogP contribution is -2.39. The molecular formula is C15H19N3OS. The highest BCUT2D eigenvalue weighted by molar-refractivity contribution is 7.12. The Bertz CT molecular complexity index is 576. The molecule has 5 heteroatoms. The van der Waals surface area contributed by atoms with Gasteiger partial charge in [-0.05, 0) is 44.4 Å². The van der Waals surface area contributed by atoms with Gasteiger partial charge in [0, 0.05) is 22.5 Å². The maximum atomic E-state index is 12.6. The monoisotopic (exact) mass is 289 g/mol. The van der Waals surface area contributed by atoms with E-state index in [2.05, 4.69) is 29.3 Å². The Morgan fingerprint density at radius 1 is 1.45 bits per heavy atom. The van der Waals surface area contributed by atoms with Crippen LogP contribution in [0.15, 0.2) is 24.4 Å². The number of thiophene rings is 1. The van der Waals surface area contributed by atoms with Gasteiger partial charge >= 0.3 is 0 Å². The van der Waals surface area contributed by atoms with Crippen molar-refractivity contribution >= 4 is 17.2 Å². The van der Waals surface area contributed by atoms with Crippen LogP contribution in [0.3, 0.4) is 0 Å². The lowest BCUT2D eigenvalue weighted by Gasteiger charge is -2.35. The fraction of sp³-hybridized carbons (Fsp3) is 0.467. The summed E-state index contributed by atoms with van der Waals surface area (Å²) < 4.78 is 0. The first-order valence-corrected chi connectivity index (χ1v) is 7.90. The van der Waals surface area contributed by atoms with Crippen LogP contribution in [0.5, 0.6) is 0 Å². The Labute approximate surface area is 122 Å². The molecule has 0 spiro atoms. The van der Waals surface area contributed by atoms with Gasteiger partial charge in [0.05, 0.1) is 18.2 Å². The number of H-pyrrole nitrogens is 1. The molecule has 1 aliphatic rings. The second kappa shape index (κ2) is 5.79. The molecule has 1 saturated heterocycles. The van der Waals surface area contributed by atoms with Gasteiger partial charge in [-0.3, -0.25) is 9.89 Å². The lowest BCUT2D eigenvalue weighted by atomic mass is 9.99. The van der Waals surface area contributed by atoms with Crippen LogP contribution in [-0.4, -0.2) is 27.5 Å². The van der Waals surface area contributed by atoms with E-state index in [1.165, 1.54) is 11.3 Å². The zero-order valence-electron chi connectivity index (χ0n) is 11.6. The van der Waals surface area contributed by atoms with E-state index >= 15 is 0 Å². The summed E-state index contributed by atoms with van der Waals surface area (Å²) in [6.07, 6.45) is 5.57. The Morgan fingerprint density at radius 3 is 3.05 bits per heavy atom. The highest BCUT2D eigenvalue weighted by Gasteiger charge is 2.28. The van der Waals surface area contributed by atoms with E-state index in [4.69, 9.17) is 0 Å². The number of nitrogens with one attached hydrogen (secondary N) is 1. The molecule has 4 nitrogen and oxygen atoms in total. The number of nitrogens with zero attached hydrogens (tertiary/aromatic N) is 2. The molecule has 0 aromatic carbocycles. The third-order valence-corrected chi connectivity index (χ3v) is 4.83. The minimum atomic E-state index is 0.166. The predicted molar refractivity (Wildman–Crippen MR) is 79.7 cm³/mol. The summed E-state index contributed by atoms with van der Waals surface area (Å²) in [5.41, 5.74) is 1.06. The summed E-state index contributed by atoms with van der Waals surface area (Å²) in [7, 11) is 0. The molecule has 2 aromatic heterocycles. The molecule has 0 radical (unpaired) electrons. The fourth-order valence-corrected chi connectivity index (χ4v) is 3.72. The van der Waals surface area contributed by atoms with Crippen molar-refractivity contribution in [3.8, 4) is 0 Å². The summed E-state index contributed by atoms with van der Waals surface area (Å²) in [5, 5.41) is 7.04. The van der Waals surface area contributed by atoms with Crippen LogP contribution < -0.4 is 0 Å². The number of likely N-dealkylation sites (tertiary alicyclic amines) is 1. The fourth-order valence-electron chi connectivity index (χ4n) is 2.84. The van der Waals surface area contributed by atoms with Gasteiger partial charge in [0.1, 0.15) is 0 Å². The number of aryl methyl sites for hydroxylation is 1. The first kappa shape index (κ1) is 13.4. The molecule has 106 valence electrons. The van der Waals surface area contributed by atoms with Crippen LogP contribution in [0.4, 0.5) is 0 Å². The number of amides is 1. The number of carbonyl (C=O) groups is 1. The summed E-state index contributed by atoms with van der Waals surface area (Å²) in [4.78, 5) is 17.0. The third kappa shape index (κ3) is 2.77. The molecule has 0 saturated carbocycles. The molecule has 0 aliphatic carbocycles. The lowest BCUT2D eigenvalue weighted by molar-refractivity contribution is -0.134. The number of aromatic nitrogens is 2. The van der Waals surface area contributed by atoms with Gasteiger partial charge in [0.15, 0.2) is 0 Å². The highest BCUT2D eigenvalue weighted by atomic mass is 32.1. The Kier molecular flexibility index (Phi) is 3.87. The number of hydrogen-bond donors (Lipinski definition) is 1. The van der Waals surface area contributed by atoms with E-state index in [-0.39, 0.29) is 11.9 Å². The number of rotatable bonds is 3. The van der Waals surface area contributed by atoms with Crippen LogP contribution in [0.25, 0.3) is 0 Å². The van der Waals surface area contributed by atoms with Crippen LogP contribution in [-0.2, 0) is 11.2 Å². The van der Waals surface area contributed by atoms with Crippen molar-refractivity contribution in [1.29, 1.82) is 0 Å². The van der Waals surface area contributed by atoms with Gasteiger partial charge in [0.2, 0.25) is 5.91 Å². The molecule has 0 bridgehead atoms. The Hall–Kier alpha value is -1.62. The normalized spacial score (nSPS) is 19.2. The van der Waals surface area contributed by atoms with E-state index in [9.17, 15) is 4.79 Å². The molecule has 0 unspecified atom stereocenters. The average molecular weight is 289 g/mol. The number of hydrogen-bond acceptors (Lipinski definition) is 3. The van der Waals surface area contributed by atoms with E-state index in [0.29, 0.717) is 6.42 Å². The largest absolute Gasteiger partial charge is 0.334 e. The first-order chi connectivity index (χ1) is 9.74. The maximum absolute atomic E-state index is 12.6. The van der Waals surface area contributed by atoms with Crippen LogP contribution >= 0.6 is 11.3 Å². The Balaban J connectivity index is 1.74. The number of aromatic amines is 1. The van der Waals surface area contributed by atoms with E-state index in [1.807, 2.05) is 11.0 Å². The molecule has 3 heterocycles. The molecule has 1 fully saturated rings. The molecule has 2 aromatic rings. The summed E-state index contributed by atoms with van der Waals surface area (Å²) in [5.74, 6) is 0.228. The van der Waals surface area contributed by atoms with Gasteiger partial charge in [-0.1, -0.05) is 0 Å². The summed E-state index contributed by atoms with van der Waals surface area (Å²) in [6.45, 7) is 2.93. The number of carbonyl (C=O) groups excluding carboxylic acids is 1. The molecule has 1 amide bonds. The topological polar surface area (TPSA) is 49.0 Å². The molecule has 1 N–H and O–H groups in total. The van der Waals surface area contributed by atoms with Gasteiger partial charge in [-0.2, -0.15) is 5.10 Å². The minimum absolute atomic E-state index is 0.166. The van der Waals surface area contributed by atoms with Crippen molar-refractivity contribution in [3.63, 3.8) is 0 Å².